The maximum absolute atomic E-state index is 8.79. The molecule has 13 heavy (non-hydrogen) atoms. The van der Waals surface area contributed by atoms with Crippen LogP contribution in [0, 0.1) is 11.3 Å². The molecule has 0 unspecified atom stereocenters. The molecule has 1 aromatic carbocycles. The molecule has 0 aliphatic carbocycles. The molecule has 1 heterocycles. The van der Waals surface area contributed by atoms with Gasteiger partial charge in [0.15, 0.2) is 0 Å². The third kappa shape index (κ3) is 1.35. The quantitative estimate of drug-likeness (QED) is 0.705. The molecule has 0 aliphatic heterocycles. The summed E-state index contributed by atoms with van der Waals surface area (Å²) in [4.78, 5) is 0. The summed E-state index contributed by atoms with van der Waals surface area (Å²) < 4.78 is 1.90. The van der Waals surface area contributed by atoms with Crippen molar-refractivity contribution in [1.29, 1.82) is 5.26 Å². The zero-order chi connectivity index (χ0) is 9.42. The molecule has 0 fully saturated rings. The highest BCUT2D eigenvalue weighted by Crippen LogP contribution is 2.36. The molecule has 1 aromatic heterocycles. The molecular weight excluding hydrogens is 270 g/mol. The van der Waals surface area contributed by atoms with Crippen LogP contribution in [0.5, 0.6) is 0 Å². The van der Waals surface area contributed by atoms with Gasteiger partial charge in [0.05, 0.1) is 19.8 Å². The maximum atomic E-state index is 8.79. The van der Waals surface area contributed by atoms with Gasteiger partial charge in [-0.15, -0.1) is 11.3 Å². The van der Waals surface area contributed by atoms with Crippen LogP contribution in [0.2, 0.25) is 5.02 Å². The fraction of sp³-hybridized carbons (Fsp3) is 0. The van der Waals surface area contributed by atoms with Crippen molar-refractivity contribution in [3.05, 3.63) is 32.6 Å². The molecule has 0 aliphatic rings. The highest BCUT2D eigenvalue weighted by Gasteiger charge is 2.09. The number of rotatable bonds is 0. The number of nitrogens with zero attached hydrogens (tertiary/aromatic N) is 1. The lowest BCUT2D eigenvalue weighted by Gasteiger charge is -1.99. The smallest absolute Gasteiger partial charge is 0.101 e. The van der Waals surface area contributed by atoms with Gasteiger partial charge in [0.2, 0.25) is 0 Å². The first-order chi connectivity index (χ1) is 6.24. The van der Waals surface area contributed by atoms with E-state index in [1.807, 2.05) is 11.4 Å². The summed E-state index contributed by atoms with van der Waals surface area (Å²) in [6.07, 6.45) is 0. The molecule has 1 nitrogen and oxygen atoms in total. The minimum atomic E-state index is 0.498. The Morgan fingerprint density at radius 2 is 2.31 bits per heavy atom. The van der Waals surface area contributed by atoms with Crippen LogP contribution >= 0.6 is 38.9 Å². The van der Waals surface area contributed by atoms with Crippen molar-refractivity contribution in [2.45, 2.75) is 0 Å². The van der Waals surface area contributed by atoms with Gasteiger partial charge in [-0.2, -0.15) is 5.26 Å². The maximum Gasteiger partial charge on any atom is 0.101 e. The normalized spacial score (nSPS) is 10.2. The lowest BCUT2D eigenvalue weighted by atomic mass is 10.2. The van der Waals surface area contributed by atoms with Crippen LogP contribution in [0.25, 0.3) is 10.1 Å². The van der Waals surface area contributed by atoms with Crippen molar-refractivity contribution in [1.82, 2.24) is 0 Å². The van der Waals surface area contributed by atoms with Crippen LogP contribution in [0.4, 0.5) is 0 Å². The predicted molar refractivity (Wildman–Crippen MR) is 59.3 cm³/mol. The Kier molecular flexibility index (Phi) is 2.29. The molecule has 0 spiro atoms. The molecule has 0 atom stereocenters. The molecule has 0 saturated carbocycles. The topological polar surface area (TPSA) is 23.8 Å². The molecule has 64 valence electrons. The number of hydrogen-bond acceptors (Lipinski definition) is 2. The van der Waals surface area contributed by atoms with E-state index in [0.29, 0.717) is 10.6 Å². The molecule has 0 bridgehead atoms. The molecule has 0 amide bonds. The van der Waals surface area contributed by atoms with Crippen molar-refractivity contribution in [2.24, 2.45) is 0 Å². The molecule has 0 radical (unpaired) electrons. The van der Waals surface area contributed by atoms with Crippen LogP contribution in [0.1, 0.15) is 5.56 Å². The van der Waals surface area contributed by atoms with E-state index in [0.717, 1.165) is 14.6 Å². The van der Waals surface area contributed by atoms with E-state index in [9.17, 15) is 0 Å². The fourth-order valence-corrected chi connectivity index (χ4v) is 2.92. The lowest BCUT2D eigenvalue weighted by Crippen LogP contribution is -1.78. The second-order valence-electron chi connectivity index (χ2n) is 2.50. The van der Waals surface area contributed by atoms with Crippen LogP contribution in [-0.2, 0) is 0 Å². The standard InChI is InChI=1S/C9H3BrClNS/c10-7-8(11)6(4-12)3-5-1-2-13-9(5)7/h1-3H. The van der Waals surface area contributed by atoms with Crippen molar-refractivity contribution in [3.63, 3.8) is 0 Å². The zero-order valence-electron chi connectivity index (χ0n) is 6.34. The SMILES string of the molecule is N#Cc1cc2ccsc2c(Br)c1Cl. The summed E-state index contributed by atoms with van der Waals surface area (Å²) in [5.41, 5.74) is 0.513. The second kappa shape index (κ2) is 3.30. The van der Waals surface area contributed by atoms with Crippen molar-refractivity contribution in [2.75, 3.05) is 0 Å². The van der Waals surface area contributed by atoms with Crippen LogP contribution in [0.3, 0.4) is 0 Å². The third-order valence-corrected chi connectivity index (χ3v) is 4.37. The van der Waals surface area contributed by atoms with Crippen LogP contribution < -0.4 is 0 Å². The summed E-state index contributed by atoms with van der Waals surface area (Å²) in [5, 5.41) is 12.3. The second-order valence-corrected chi connectivity index (χ2v) is 4.59. The average Bonchev–Trinajstić information content (AvgIpc) is 2.59. The number of nitriles is 1. The molecular formula is C9H3BrClNS. The summed E-state index contributed by atoms with van der Waals surface area (Å²) in [5.74, 6) is 0. The van der Waals surface area contributed by atoms with Gasteiger partial charge in [0, 0.05) is 0 Å². The molecule has 0 N–H and O–H groups in total. The number of fused-ring (bicyclic) bond motifs is 1. The summed E-state index contributed by atoms with van der Waals surface area (Å²) >= 11 is 11.0. The van der Waals surface area contributed by atoms with Gasteiger partial charge in [-0.1, -0.05) is 11.6 Å². The lowest BCUT2D eigenvalue weighted by molar-refractivity contribution is 1.49. The summed E-state index contributed by atoms with van der Waals surface area (Å²) in [6.45, 7) is 0. The van der Waals surface area contributed by atoms with Gasteiger partial charge < -0.3 is 0 Å². The Morgan fingerprint density at radius 1 is 1.54 bits per heavy atom. The minimum Gasteiger partial charge on any atom is -0.192 e. The Morgan fingerprint density at radius 3 is 3.00 bits per heavy atom. The van der Waals surface area contributed by atoms with Crippen LogP contribution in [-0.4, -0.2) is 0 Å². The summed E-state index contributed by atoms with van der Waals surface area (Å²) in [6, 6.07) is 5.84. The van der Waals surface area contributed by atoms with E-state index < -0.39 is 0 Å². The van der Waals surface area contributed by atoms with E-state index in [-0.39, 0.29) is 0 Å². The largest absolute Gasteiger partial charge is 0.192 e. The van der Waals surface area contributed by atoms with Gasteiger partial charge in [0.25, 0.3) is 0 Å². The summed E-state index contributed by atoms with van der Waals surface area (Å²) in [7, 11) is 0. The van der Waals surface area contributed by atoms with E-state index in [1.54, 1.807) is 17.4 Å². The number of hydrogen-bond donors (Lipinski definition) is 0. The number of benzene rings is 1. The van der Waals surface area contributed by atoms with Gasteiger partial charge in [-0.05, 0) is 38.8 Å². The van der Waals surface area contributed by atoms with Gasteiger partial charge in [-0.25, -0.2) is 0 Å². The van der Waals surface area contributed by atoms with Crippen molar-refractivity contribution in [3.8, 4) is 6.07 Å². The fourth-order valence-electron chi connectivity index (χ4n) is 1.13. The monoisotopic (exact) mass is 271 g/mol. The van der Waals surface area contributed by atoms with Gasteiger partial charge in [0.1, 0.15) is 6.07 Å². The third-order valence-electron chi connectivity index (χ3n) is 1.74. The Bertz CT molecular complexity index is 512. The predicted octanol–water partition coefficient (Wildman–Crippen LogP) is 4.19. The van der Waals surface area contributed by atoms with E-state index in [2.05, 4.69) is 22.0 Å². The van der Waals surface area contributed by atoms with E-state index >= 15 is 0 Å². The van der Waals surface area contributed by atoms with Crippen molar-refractivity contribution >= 4 is 49.0 Å². The van der Waals surface area contributed by atoms with E-state index in [4.69, 9.17) is 16.9 Å². The van der Waals surface area contributed by atoms with Crippen LogP contribution in [0.15, 0.2) is 22.0 Å². The Balaban J connectivity index is 2.94. The molecule has 2 aromatic rings. The number of halogens is 2. The van der Waals surface area contributed by atoms with Crippen molar-refractivity contribution < 1.29 is 0 Å². The highest BCUT2D eigenvalue weighted by atomic mass is 79.9. The highest BCUT2D eigenvalue weighted by molar-refractivity contribution is 9.10. The van der Waals surface area contributed by atoms with Gasteiger partial charge >= 0.3 is 0 Å². The molecule has 2 rings (SSSR count). The minimum absolute atomic E-state index is 0.498. The Hall–Kier alpha value is -0.560. The molecule has 0 saturated heterocycles. The average molecular weight is 273 g/mol. The Labute approximate surface area is 92.7 Å². The first-order valence-electron chi connectivity index (χ1n) is 3.49. The molecule has 4 heteroatoms. The first kappa shape index (κ1) is 9.01. The first-order valence-corrected chi connectivity index (χ1v) is 5.54. The van der Waals surface area contributed by atoms with E-state index in [1.165, 1.54) is 0 Å². The number of thiophene rings is 1. The zero-order valence-corrected chi connectivity index (χ0v) is 9.50. The van der Waals surface area contributed by atoms with Gasteiger partial charge in [-0.3, -0.25) is 0 Å².